The fraction of sp³-hybridized carbons (Fsp3) is 0.286. The molecule has 0 aliphatic carbocycles. The highest BCUT2D eigenvalue weighted by Gasteiger charge is 2.10. The van der Waals surface area contributed by atoms with Crippen molar-refractivity contribution in [1.82, 2.24) is 5.32 Å². The van der Waals surface area contributed by atoms with Crippen molar-refractivity contribution in [3.63, 3.8) is 0 Å². The van der Waals surface area contributed by atoms with E-state index in [2.05, 4.69) is 29.8 Å². The molecule has 1 N–H and O–H groups in total. The second kappa shape index (κ2) is 6.23. The smallest absolute Gasteiger partial charge is 0.124 e. The highest BCUT2D eigenvalue weighted by atomic mass is 35.5. The molecule has 0 saturated carbocycles. The van der Waals surface area contributed by atoms with Gasteiger partial charge in [0.2, 0.25) is 0 Å². The van der Waals surface area contributed by atoms with Crippen LogP contribution in [0.2, 0.25) is 5.02 Å². The Labute approximate surface area is 117 Å². The largest absolute Gasteiger partial charge is 0.496 e. The lowest BCUT2D eigenvalue weighted by molar-refractivity contribution is 0.406. The Bertz CT molecular complexity index is 499. The molecule has 1 atom stereocenters. The van der Waals surface area contributed by atoms with E-state index in [1.165, 1.54) is 4.88 Å². The van der Waals surface area contributed by atoms with Gasteiger partial charge in [-0.15, -0.1) is 11.3 Å². The molecule has 0 aliphatic heterocycles. The molecule has 0 spiro atoms. The average Bonchev–Trinajstić information content (AvgIpc) is 2.90. The predicted octanol–water partition coefficient (Wildman–Crippen LogP) is 4.26. The van der Waals surface area contributed by atoms with Gasteiger partial charge in [0.25, 0.3) is 0 Å². The van der Waals surface area contributed by atoms with Crippen molar-refractivity contribution < 1.29 is 4.74 Å². The second-order valence-electron chi connectivity index (χ2n) is 4.04. The van der Waals surface area contributed by atoms with Gasteiger partial charge in [-0.05, 0) is 30.5 Å². The first kappa shape index (κ1) is 13.4. The van der Waals surface area contributed by atoms with Crippen LogP contribution in [0.3, 0.4) is 0 Å². The fourth-order valence-electron chi connectivity index (χ4n) is 1.80. The van der Waals surface area contributed by atoms with Crippen molar-refractivity contribution in [2.75, 3.05) is 7.11 Å². The summed E-state index contributed by atoms with van der Waals surface area (Å²) in [6, 6.07) is 10.2. The van der Waals surface area contributed by atoms with E-state index in [1.807, 2.05) is 18.2 Å². The van der Waals surface area contributed by atoms with E-state index < -0.39 is 0 Å². The minimum atomic E-state index is 0.311. The van der Waals surface area contributed by atoms with Gasteiger partial charge in [-0.3, -0.25) is 0 Å². The third-order valence-electron chi connectivity index (χ3n) is 2.85. The zero-order valence-electron chi connectivity index (χ0n) is 10.4. The first-order valence-corrected chi connectivity index (χ1v) is 7.06. The Morgan fingerprint density at radius 3 is 2.83 bits per heavy atom. The topological polar surface area (TPSA) is 21.3 Å². The van der Waals surface area contributed by atoms with Gasteiger partial charge in [0.05, 0.1) is 7.11 Å². The van der Waals surface area contributed by atoms with E-state index in [1.54, 1.807) is 18.4 Å². The minimum Gasteiger partial charge on any atom is -0.496 e. The maximum atomic E-state index is 6.20. The van der Waals surface area contributed by atoms with Gasteiger partial charge in [-0.2, -0.15) is 0 Å². The van der Waals surface area contributed by atoms with Crippen molar-refractivity contribution in [2.24, 2.45) is 0 Å². The second-order valence-corrected chi connectivity index (χ2v) is 5.43. The molecule has 0 fully saturated rings. The van der Waals surface area contributed by atoms with Gasteiger partial charge < -0.3 is 10.1 Å². The van der Waals surface area contributed by atoms with Crippen LogP contribution in [0.1, 0.15) is 23.4 Å². The summed E-state index contributed by atoms with van der Waals surface area (Å²) in [7, 11) is 1.66. The Kier molecular flexibility index (Phi) is 4.64. The van der Waals surface area contributed by atoms with Crippen LogP contribution in [0.5, 0.6) is 5.75 Å². The molecule has 1 heterocycles. The Morgan fingerprint density at radius 1 is 1.33 bits per heavy atom. The third-order valence-corrected chi connectivity index (χ3v) is 4.26. The quantitative estimate of drug-likeness (QED) is 0.884. The summed E-state index contributed by atoms with van der Waals surface area (Å²) in [5.74, 6) is 0.827. The molecule has 2 aromatic rings. The molecule has 1 aromatic carbocycles. The van der Waals surface area contributed by atoms with E-state index in [0.29, 0.717) is 12.6 Å². The van der Waals surface area contributed by atoms with Crippen LogP contribution in [0, 0.1) is 0 Å². The summed E-state index contributed by atoms with van der Waals surface area (Å²) >= 11 is 7.95. The number of methoxy groups -OCH3 is 1. The summed E-state index contributed by atoms with van der Waals surface area (Å²) in [5, 5.41) is 6.29. The van der Waals surface area contributed by atoms with Crippen LogP contribution in [0.15, 0.2) is 35.7 Å². The van der Waals surface area contributed by atoms with Crippen molar-refractivity contribution >= 4 is 22.9 Å². The molecular formula is C14H16ClNOS. The number of hydrogen-bond donors (Lipinski definition) is 1. The third kappa shape index (κ3) is 3.05. The van der Waals surface area contributed by atoms with Crippen LogP contribution >= 0.6 is 22.9 Å². The number of rotatable bonds is 5. The van der Waals surface area contributed by atoms with Gasteiger partial charge in [0, 0.05) is 28.0 Å². The normalized spacial score (nSPS) is 12.4. The van der Waals surface area contributed by atoms with Crippen molar-refractivity contribution in [3.05, 3.63) is 51.2 Å². The Morgan fingerprint density at radius 2 is 2.17 bits per heavy atom. The molecule has 1 aromatic heterocycles. The molecule has 0 bridgehead atoms. The van der Waals surface area contributed by atoms with Gasteiger partial charge in [-0.1, -0.05) is 23.7 Å². The fourth-order valence-corrected chi connectivity index (χ4v) is 2.79. The monoisotopic (exact) mass is 281 g/mol. The van der Waals surface area contributed by atoms with Crippen LogP contribution in [-0.4, -0.2) is 7.11 Å². The van der Waals surface area contributed by atoms with Crippen molar-refractivity contribution in [2.45, 2.75) is 19.5 Å². The van der Waals surface area contributed by atoms with Crippen LogP contribution in [-0.2, 0) is 6.54 Å². The standard InChI is InChI=1S/C14H16ClNOS/c1-10(14-7-4-8-18-14)16-9-11-12(15)5-3-6-13(11)17-2/h3-8,10,16H,9H2,1-2H3. The molecule has 2 rings (SSSR count). The van der Waals surface area contributed by atoms with Gasteiger partial charge in [0.15, 0.2) is 0 Å². The Balaban J connectivity index is 2.06. The Hall–Kier alpha value is -1.03. The maximum Gasteiger partial charge on any atom is 0.124 e. The molecule has 2 nitrogen and oxygen atoms in total. The summed E-state index contributed by atoms with van der Waals surface area (Å²) in [4.78, 5) is 1.32. The number of benzene rings is 1. The zero-order chi connectivity index (χ0) is 13.0. The van der Waals surface area contributed by atoms with Gasteiger partial charge in [0.1, 0.15) is 5.75 Å². The van der Waals surface area contributed by atoms with Gasteiger partial charge in [-0.25, -0.2) is 0 Å². The van der Waals surface area contributed by atoms with E-state index >= 15 is 0 Å². The van der Waals surface area contributed by atoms with Crippen LogP contribution in [0.4, 0.5) is 0 Å². The van der Waals surface area contributed by atoms with Gasteiger partial charge >= 0.3 is 0 Å². The lowest BCUT2D eigenvalue weighted by atomic mass is 10.2. The molecule has 96 valence electrons. The SMILES string of the molecule is COc1cccc(Cl)c1CNC(C)c1cccs1. The molecular weight excluding hydrogens is 266 g/mol. The number of thiophene rings is 1. The average molecular weight is 282 g/mol. The molecule has 0 aliphatic rings. The van der Waals surface area contributed by atoms with Crippen molar-refractivity contribution in [1.29, 1.82) is 0 Å². The number of nitrogens with one attached hydrogen (secondary N) is 1. The van der Waals surface area contributed by atoms with E-state index in [-0.39, 0.29) is 0 Å². The summed E-state index contributed by atoms with van der Waals surface area (Å²) in [5.41, 5.74) is 1.00. The summed E-state index contributed by atoms with van der Waals surface area (Å²) in [6.45, 7) is 2.84. The molecule has 1 unspecified atom stereocenters. The number of ether oxygens (including phenoxy) is 1. The first-order valence-electron chi connectivity index (χ1n) is 5.80. The lowest BCUT2D eigenvalue weighted by Crippen LogP contribution is -2.17. The maximum absolute atomic E-state index is 6.20. The minimum absolute atomic E-state index is 0.311. The van der Waals surface area contributed by atoms with Crippen molar-refractivity contribution in [3.8, 4) is 5.75 Å². The molecule has 0 radical (unpaired) electrons. The van der Waals surface area contributed by atoms with Crippen LogP contribution < -0.4 is 10.1 Å². The first-order chi connectivity index (χ1) is 8.72. The van der Waals surface area contributed by atoms with E-state index in [4.69, 9.17) is 16.3 Å². The summed E-state index contributed by atoms with van der Waals surface area (Å²) < 4.78 is 5.33. The number of hydrogen-bond acceptors (Lipinski definition) is 3. The molecule has 0 saturated heterocycles. The lowest BCUT2D eigenvalue weighted by Gasteiger charge is -2.15. The zero-order valence-corrected chi connectivity index (χ0v) is 12.0. The highest BCUT2D eigenvalue weighted by molar-refractivity contribution is 7.10. The molecule has 0 amide bonds. The van der Waals surface area contributed by atoms with Crippen LogP contribution in [0.25, 0.3) is 0 Å². The van der Waals surface area contributed by atoms with E-state index in [9.17, 15) is 0 Å². The van der Waals surface area contributed by atoms with E-state index in [0.717, 1.165) is 16.3 Å². The number of halogens is 1. The highest BCUT2D eigenvalue weighted by Crippen LogP contribution is 2.27. The summed E-state index contributed by atoms with van der Waals surface area (Å²) in [6.07, 6.45) is 0. The molecule has 18 heavy (non-hydrogen) atoms. The predicted molar refractivity (Wildman–Crippen MR) is 77.6 cm³/mol. The molecule has 4 heteroatoms.